The van der Waals surface area contributed by atoms with E-state index >= 15 is 0 Å². The first-order valence-electron chi connectivity index (χ1n) is 8.60. The lowest BCUT2D eigenvalue weighted by atomic mass is 9.89. The van der Waals surface area contributed by atoms with Gasteiger partial charge in [0.25, 0.3) is 0 Å². The molecule has 0 aliphatic heterocycles. The monoisotopic (exact) mass is 352 g/mol. The number of benzene rings is 2. The summed E-state index contributed by atoms with van der Waals surface area (Å²) in [6.07, 6.45) is 3.24. The molecule has 1 heterocycles. The van der Waals surface area contributed by atoms with Crippen molar-refractivity contribution in [3.05, 3.63) is 76.0 Å². The molecule has 3 aromatic rings. The predicted molar refractivity (Wildman–Crippen MR) is 113 cm³/mol. The number of hydrogen-bond acceptors (Lipinski definition) is 1. The van der Waals surface area contributed by atoms with Gasteiger partial charge in [-0.05, 0) is 64.2 Å². The Hall–Kier alpha value is -1.43. The van der Waals surface area contributed by atoms with Crippen LogP contribution in [0.25, 0.3) is 16.3 Å². The zero-order valence-electron chi connectivity index (χ0n) is 14.5. The summed E-state index contributed by atoms with van der Waals surface area (Å²) < 4.78 is 0. The smallest absolute Gasteiger partial charge is 0.0120 e. The van der Waals surface area contributed by atoms with Gasteiger partial charge in [0, 0.05) is 10.5 Å². The van der Waals surface area contributed by atoms with Gasteiger partial charge in [-0.1, -0.05) is 56.3 Å². The Morgan fingerprint density at radius 3 is 2.58 bits per heavy atom. The van der Waals surface area contributed by atoms with Crippen LogP contribution in [-0.4, -0.2) is 0 Å². The summed E-state index contributed by atoms with van der Waals surface area (Å²) in [6.45, 7) is 8.81. The standard InChI is InChI=1S/C22H25PS/c1-4-8-15(2)20-13-17(14-21(23)22-11-7-12-24-22)19-10-6-5-9-18(19)16(20)3/h5-7,9-13,21H,2,4,8,14,23H2,1,3H3. The van der Waals surface area contributed by atoms with Crippen molar-refractivity contribution < 1.29 is 0 Å². The molecule has 2 atom stereocenters. The fourth-order valence-corrected chi connectivity index (χ4v) is 4.74. The Bertz CT molecular complexity index is 846. The third-order valence-electron chi connectivity index (χ3n) is 4.68. The fourth-order valence-electron chi connectivity index (χ4n) is 3.41. The molecule has 1 aromatic heterocycles. The quantitative estimate of drug-likeness (QED) is 0.412. The van der Waals surface area contributed by atoms with Crippen LogP contribution in [0.3, 0.4) is 0 Å². The van der Waals surface area contributed by atoms with Crippen molar-refractivity contribution in [2.75, 3.05) is 0 Å². The molecule has 0 nitrogen and oxygen atoms in total. The van der Waals surface area contributed by atoms with Crippen molar-refractivity contribution in [3.8, 4) is 0 Å². The van der Waals surface area contributed by atoms with Gasteiger partial charge in [-0.3, -0.25) is 0 Å². The molecular formula is C22H25PS. The first-order valence-corrected chi connectivity index (χ1v) is 10.1. The summed E-state index contributed by atoms with van der Waals surface area (Å²) in [7, 11) is 3.02. The minimum Gasteiger partial charge on any atom is -0.148 e. The summed E-state index contributed by atoms with van der Waals surface area (Å²) in [6, 6.07) is 15.6. The Morgan fingerprint density at radius 1 is 1.17 bits per heavy atom. The third kappa shape index (κ3) is 3.48. The lowest BCUT2D eigenvalue weighted by Crippen LogP contribution is -1.99. The second kappa shape index (κ2) is 7.64. The summed E-state index contributed by atoms with van der Waals surface area (Å²) >= 11 is 1.84. The van der Waals surface area contributed by atoms with Gasteiger partial charge in [-0.15, -0.1) is 20.6 Å². The summed E-state index contributed by atoms with van der Waals surface area (Å²) in [5.41, 5.74) is 5.86. The van der Waals surface area contributed by atoms with E-state index < -0.39 is 0 Å². The molecule has 24 heavy (non-hydrogen) atoms. The molecule has 0 bridgehead atoms. The first kappa shape index (κ1) is 17.4. The molecule has 0 saturated heterocycles. The van der Waals surface area contributed by atoms with Crippen LogP contribution in [0.2, 0.25) is 0 Å². The van der Waals surface area contributed by atoms with E-state index in [0.29, 0.717) is 5.66 Å². The van der Waals surface area contributed by atoms with Crippen molar-refractivity contribution in [1.82, 2.24) is 0 Å². The van der Waals surface area contributed by atoms with Gasteiger partial charge in [0.1, 0.15) is 0 Å². The van der Waals surface area contributed by atoms with Gasteiger partial charge >= 0.3 is 0 Å². The normalized spacial score (nSPS) is 12.5. The molecular weight excluding hydrogens is 327 g/mol. The molecule has 3 rings (SSSR count). The number of thiophene rings is 1. The molecule has 124 valence electrons. The summed E-state index contributed by atoms with van der Waals surface area (Å²) in [5.74, 6) is 0. The number of fused-ring (bicyclic) bond motifs is 1. The molecule has 2 aromatic carbocycles. The average Bonchev–Trinajstić information content (AvgIpc) is 3.12. The van der Waals surface area contributed by atoms with Crippen molar-refractivity contribution in [2.24, 2.45) is 0 Å². The maximum Gasteiger partial charge on any atom is 0.0120 e. The van der Waals surface area contributed by atoms with Gasteiger partial charge in [0.05, 0.1) is 0 Å². The number of aryl methyl sites for hydroxylation is 1. The van der Waals surface area contributed by atoms with E-state index in [1.54, 1.807) is 0 Å². The maximum atomic E-state index is 4.35. The van der Waals surface area contributed by atoms with Crippen LogP contribution >= 0.6 is 20.6 Å². The van der Waals surface area contributed by atoms with E-state index in [1.807, 2.05) is 11.3 Å². The van der Waals surface area contributed by atoms with E-state index in [-0.39, 0.29) is 0 Å². The van der Waals surface area contributed by atoms with Gasteiger partial charge in [0.15, 0.2) is 0 Å². The zero-order chi connectivity index (χ0) is 17.1. The van der Waals surface area contributed by atoms with Gasteiger partial charge in [-0.25, -0.2) is 0 Å². The summed E-state index contributed by atoms with van der Waals surface area (Å²) in [4.78, 5) is 1.43. The number of rotatable bonds is 6. The van der Waals surface area contributed by atoms with Crippen LogP contribution in [-0.2, 0) is 6.42 Å². The lowest BCUT2D eigenvalue weighted by molar-refractivity contribution is 0.955. The number of allylic oxidation sites excluding steroid dienone is 1. The van der Waals surface area contributed by atoms with Gasteiger partial charge < -0.3 is 0 Å². The summed E-state index contributed by atoms with van der Waals surface area (Å²) in [5, 5.41) is 4.91. The molecule has 0 saturated carbocycles. The average molecular weight is 352 g/mol. The predicted octanol–water partition coefficient (Wildman–Crippen LogP) is 7.18. The molecule has 0 N–H and O–H groups in total. The van der Waals surface area contributed by atoms with Crippen LogP contribution in [0.4, 0.5) is 0 Å². The Morgan fingerprint density at radius 2 is 1.92 bits per heavy atom. The SMILES string of the molecule is C=C(CCC)c1cc(CC(P)c2cccs2)c2ccccc2c1C. The van der Waals surface area contributed by atoms with Crippen LogP contribution < -0.4 is 0 Å². The second-order valence-corrected chi connectivity index (χ2v) is 8.22. The fraction of sp³-hybridized carbons (Fsp3) is 0.273. The first-order chi connectivity index (χ1) is 11.6. The van der Waals surface area contributed by atoms with E-state index in [1.165, 1.54) is 37.9 Å². The molecule has 2 unspecified atom stereocenters. The molecule has 0 fully saturated rings. The molecule has 0 amide bonds. The van der Waals surface area contributed by atoms with E-state index in [2.05, 4.69) is 77.5 Å². The zero-order valence-corrected chi connectivity index (χ0v) is 16.5. The van der Waals surface area contributed by atoms with E-state index in [0.717, 1.165) is 19.3 Å². The van der Waals surface area contributed by atoms with Gasteiger partial charge in [-0.2, -0.15) is 0 Å². The van der Waals surface area contributed by atoms with E-state index in [9.17, 15) is 0 Å². The molecule has 0 aliphatic rings. The molecule has 0 aliphatic carbocycles. The third-order valence-corrected chi connectivity index (χ3v) is 6.52. The Balaban J connectivity index is 2.08. The topological polar surface area (TPSA) is 0 Å². The minimum atomic E-state index is 0.461. The van der Waals surface area contributed by atoms with Crippen LogP contribution in [0.15, 0.2) is 54.4 Å². The minimum absolute atomic E-state index is 0.461. The van der Waals surface area contributed by atoms with Crippen molar-refractivity contribution in [2.45, 2.75) is 38.8 Å². The van der Waals surface area contributed by atoms with Crippen LogP contribution in [0.5, 0.6) is 0 Å². The molecule has 0 spiro atoms. The lowest BCUT2D eigenvalue weighted by Gasteiger charge is -2.18. The highest BCUT2D eigenvalue weighted by Gasteiger charge is 2.14. The van der Waals surface area contributed by atoms with Crippen LogP contribution in [0, 0.1) is 6.92 Å². The highest BCUT2D eigenvalue weighted by Crippen LogP contribution is 2.36. The molecule has 0 radical (unpaired) electrons. The highest BCUT2D eigenvalue weighted by atomic mass is 32.1. The highest BCUT2D eigenvalue weighted by molar-refractivity contribution is 7.20. The maximum absolute atomic E-state index is 4.35. The Labute approximate surface area is 151 Å². The largest absolute Gasteiger partial charge is 0.148 e. The van der Waals surface area contributed by atoms with Crippen molar-refractivity contribution in [3.63, 3.8) is 0 Å². The van der Waals surface area contributed by atoms with Crippen LogP contribution in [0.1, 0.15) is 47.0 Å². The van der Waals surface area contributed by atoms with E-state index in [4.69, 9.17) is 0 Å². The number of hydrogen-bond donors (Lipinski definition) is 0. The van der Waals surface area contributed by atoms with Crippen molar-refractivity contribution >= 4 is 36.9 Å². The second-order valence-electron chi connectivity index (χ2n) is 6.43. The Kier molecular flexibility index (Phi) is 5.54. The molecule has 2 heteroatoms. The van der Waals surface area contributed by atoms with Gasteiger partial charge in [0.2, 0.25) is 0 Å². The van der Waals surface area contributed by atoms with Crippen molar-refractivity contribution in [1.29, 1.82) is 0 Å².